The molecule has 32 heavy (non-hydrogen) atoms. The molecule has 2 aromatic carbocycles. The van der Waals surface area contributed by atoms with E-state index < -0.39 is 5.82 Å². The van der Waals surface area contributed by atoms with E-state index in [0.29, 0.717) is 18.2 Å². The maximum Gasteiger partial charge on any atom is 0.227 e. The predicted octanol–water partition coefficient (Wildman–Crippen LogP) is 7.60. The Morgan fingerprint density at radius 1 is 1.09 bits per heavy atom. The number of piperidine rings is 1. The second-order valence-electron chi connectivity index (χ2n) is 9.16. The monoisotopic (exact) mass is 517 g/mol. The summed E-state index contributed by atoms with van der Waals surface area (Å²) in [6.45, 7) is 2.32. The van der Waals surface area contributed by atoms with Crippen molar-refractivity contribution in [1.29, 1.82) is 0 Å². The van der Waals surface area contributed by atoms with Crippen molar-refractivity contribution in [3.63, 3.8) is 0 Å². The molecule has 3 aromatic rings. The van der Waals surface area contributed by atoms with Gasteiger partial charge in [-0.1, -0.05) is 34.5 Å². The van der Waals surface area contributed by atoms with Gasteiger partial charge in [-0.15, -0.1) is 0 Å². The third-order valence-corrected chi connectivity index (χ3v) is 7.74. The summed E-state index contributed by atoms with van der Waals surface area (Å²) >= 11 is 9.66. The second-order valence-corrected chi connectivity index (χ2v) is 10.5. The number of halogens is 3. The highest BCUT2D eigenvalue weighted by Crippen LogP contribution is 2.42. The fourth-order valence-corrected chi connectivity index (χ4v) is 5.81. The molecule has 1 aliphatic carbocycles. The van der Waals surface area contributed by atoms with Crippen LogP contribution in [0.5, 0.6) is 0 Å². The van der Waals surface area contributed by atoms with Gasteiger partial charge in [0, 0.05) is 22.6 Å². The molecule has 4 nitrogen and oxygen atoms in total. The average molecular weight is 519 g/mol. The first-order valence-corrected chi connectivity index (χ1v) is 12.5. The maximum absolute atomic E-state index is 13.8. The summed E-state index contributed by atoms with van der Waals surface area (Å²) in [7, 11) is 0. The molecule has 1 saturated heterocycles. The van der Waals surface area contributed by atoms with Crippen LogP contribution < -0.4 is 4.90 Å². The molecule has 0 unspecified atom stereocenters. The van der Waals surface area contributed by atoms with Crippen molar-refractivity contribution < 1.29 is 9.18 Å². The lowest BCUT2D eigenvalue weighted by Crippen LogP contribution is -2.40. The van der Waals surface area contributed by atoms with Crippen molar-refractivity contribution in [3.05, 3.63) is 57.5 Å². The Morgan fingerprint density at radius 3 is 2.62 bits per heavy atom. The van der Waals surface area contributed by atoms with E-state index in [-0.39, 0.29) is 17.0 Å². The first-order chi connectivity index (χ1) is 15.4. The Balaban J connectivity index is 1.65. The number of carbonyl (C=O) groups is 1. The summed E-state index contributed by atoms with van der Waals surface area (Å²) in [5, 5.41) is 0.0262. The number of nitrogens with zero attached hydrogens (tertiary/aromatic N) is 3. The standard InChI is InChI=1S/C25H26BrClFN3O/c1-15-5-8-17(9-6-15)31-22-12-7-16(26)13-21(22)29-25(31)23-3-2-4-24(32)30(23)18-10-11-20(28)19(27)14-18/h7,10-15,17,23H,2-6,8-9H2,1H3/t15-,17-,23-/m0/s1. The average Bonchev–Trinajstić information content (AvgIpc) is 3.14. The number of aromatic nitrogens is 2. The first kappa shape index (κ1) is 21.9. The lowest BCUT2D eigenvalue weighted by molar-refractivity contribution is -0.120. The molecule has 1 aromatic heterocycles. The van der Waals surface area contributed by atoms with Crippen LogP contribution in [0, 0.1) is 11.7 Å². The number of fused-ring (bicyclic) bond motifs is 1. The Kier molecular flexibility index (Phi) is 6.01. The van der Waals surface area contributed by atoms with Crippen molar-refractivity contribution in [2.24, 2.45) is 5.92 Å². The van der Waals surface area contributed by atoms with Crippen molar-refractivity contribution in [1.82, 2.24) is 9.55 Å². The molecule has 0 N–H and O–H groups in total. The molecule has 1 saturated carbocycles. The van der Waals surface area contributed by atoms with Crippen LogP contribution in [0.4, 0.5) is 10.1 Å². The van der Waals surface area contributed by atoms with Gasteiger partial charge in [0.2, 0.25) is 5.91 Å². The number of anilines is 1. The minimum absolute atomic E-state index is 0.0262. The van der Waals surface area contributed by atoms with Crippen LogP contribution in [0.25, 0.3) is 11.0 Å². The fourth-order valence-electron chi connectivity index (χ4n) is 5.28. The number of amides is 1. The van der Waals surface area contributed by atoms with Crippen LogP contribution in [0.1, 0.15) is 69.8 Å². The summed E-state index contributed by atoms with van der Waals surface area (Å²) in [6, 6.07) is 10.9. The topological polar surface area (TPSA) is 38.1 Å². The molecular formula is C25H26BrClFN3O. The first-order valence-electron chi connectivity index (χ1n) is 11.4. The Morgan fingerprint density at radius 2 is 1.88 bits per heavy atom. The Bertz CT molecular complexity index is 1170. The van der Waals surface area contributed by atoms with Gasteiger partial charge in [-0.2, -0.15) is 0 Å². The van der Waals surface area contributed by atoms with E-state index in [0.717, 1.165) is 52.9 Å². The van der Waals surface area contributed by atoms with E-state index in [1.165, 1.54) is 18.9 Å². The van der Waals surface area contributed by atoms with Crippen molar-refractivity contribution >= 4 is 50.2 Å². The quantitative estimate of drug-likeness (QED) is 0.358. The van der Waals surface area contributed by atoms with Gasteiger partial charge >= 0.3 is 0 Å². The predicted molar refractivity (Wildman–Crippen MR) is 130 cm³/mol. The molecule has 5 rings (SSSR count). The Labute approximate surface area is 200 Å². The van der Waals surface area contributed by atoms with E-state index in [2.05, 4.69) is 39.6 Å². The highest BCUT2D eigenvalue weighted by molar-refractivity contribution is 9.10. The third kappa shape index (κ3) is 3.96. The second kappa shape index (κ2) is 8.79. The van der Waals surface area contributed by atoms with Gasteiger partial charge in [-0.25, -0.2) is 9.37 Å². The van der Waals surface area contributed by atoms with Crippen molar-refractivity contribution in [2.45, 2.75) is 64.0 Å². The molecule has 7 heteroatoms. The largest absolute Gasteiger partial charge is 0.323 e. The highest BCUT2D eigenvalue weighted by atomic mass is 79.9. The SMILES string of the molecule is C[C@H]1CC[C@H](n2c([C@@H]3CCCC(=O)N3c3ccc(F)c(Cl)c3)nc3cc(Br)ccc32)CC1. The summed E-state index contributed by atoms with van der Waals surface area (Å²) < 4.78 is 17.2. The van der Waals surface area contributed by atoms with E-state index >= 15 is 0 Å². The molecule has 2 aliphatic rings. The molecule has 168 valence electrons. The van der Waals surface area contributed by atoms with Crippen molar-refractivity contribution in [3.8, 4) is 0 Å². The molecular weight excluding hydrogens is 493 g/mol. The van der Waals surface area contributed by atoms with E-state index in [9.17, 15) is 9.18 Å². The number of hydrogen-bond donors (Lipinski definition) is 0. The minimum atomic E-state index is -0.482. The van der Waals surface area contributed by atoms with Crippen LogP contribution in [0.3, 0.4) is 0 Å². The molecule has 1 atom stereocenters. The lowest BCUT2D eigenvalue weighted by atomic mass is 9.87. The normalized spacial score (nSPS) is 24.3. The summed E-state index contributed by atoms with van der Waals surface area (Å²) in [6.07, 6.45) is 6.70. The number of imidazole rings is 1. The minimum Gasteiger partial charge on any atom is -0.323 e. The molecule has 1 aliphatic heterocycles. The van der Waals surface area contributed by atoms with Gasteiger partial charge in [-0.05, 0) is 80.8 Å². The van der Waals surface area contributed by atoms with Crippen LogP contribution >= 0.6 is 27.5 Å². The highest BCUT2D eigenvalue weighted by Gasteiger charge is 2.36. The molecule has 1 amide bonds. The summed E-state index contributed by atoms with van der Waals surface area (Å²) in [5.74, 6) is 1.21. The number of carbonyl (C=O) groups excluding carboxylic acids is 1. The number of benzene rings is 2. The number of rotatable bonds is 3. The Hall–Kier alpha value is -1.92. The smallest absolute Gasteiger partial charge is 0.227 e. The van der Waals surface area contributed by atoms with E-state index in [1.807, 2.05) is 6.07 Å². The van der Waals surface area contributed by atoms with Crippen LogP contribution in [0.15, 0.2) is 40.9 Å². The molecule has 2 fully saturated rings. The number of hydrogen-bond acceptors (Lipinski definition) is 2. The summed E-state index contributed by atoms with van der Waals surface area (Å²) in [5.41, 5.74) is 2.67. The van der Waals surface area contributed by atoms with Crippen LogP contribution in [-0.2, 0) is 4.79 Å². The zero-order chi connectivity index (χ0) is 22.4. The van der Waals surface area contributed by atoms with E-state index in [1.54, 1.807) is 17.0 Å². The third-order valence-electron chi connectivity index (χ3n) is 6.96. The van der Waals surface area contributed by atoms with Gasteiger partial charge in [-0.3, -0.25) is 4.79 Å². The maximum atomic E-state index is 13.8. The zero-order valence-electron chi connectivity index (χ0n) is 18.0. The zero-order valence-corrected chi connectivity index (χ0v) is 20.4. The van der Waals surface area contributed by atoms with Gasteiger partial charge in [0.1, 0.15) is 11.6 Å². The van der Waals surface area contributed by atoms with Gasteiger partial charge in [0.25, 0.3) is 0 Å². The summed E-state index contributed by atoms with van der Waals surface area (Å²) in [4.78, 5) is 20.0. The molecule has 0 bridgehead atoms. The fraction of sp³-hybridized carbons (Fsp3) is 0.440. The van der Waals surface area contributed by atoms with E-state index in [4.69, 9.17) is 16.6 Å². The van der Waals surface area contributed by atoms with Gasteiger partial charge in [0.05, 0.1) is 22.1 Å². The van der Waals surface area contributed by atoms with Crippen LogP contribution in [0.2, 0.25) is 5.02 Å². The molecule has 0 radical (unpaired) electrons. The van der Waals surface area contributed by atoms with Crippen molar-refractivity contribution in [2.75, 3.05) is 4.90 Å². The molecule has 2 heterocycles. The van der Waals surface area contributed by atoms with Gasteiger partial charge in [0.15, 0.2) is 0 Å². The van der Waals surface area contributed by atoms with Crippen LogP contribution in [-0.4, -0.2) is 15.5 Å². The lowest BCUT2D eigenvalue weighted by Gasteiger charge is -2.37. The van der Waals surface area contributed by atoms with Gasteiger partial charge < -0.3 is 9.47 Å². The molecule has 0 spiro atoms.